The highest BCUT2D eigenvalue weighted by Gasteiger charge is 2.56. The van der Waals surface area contributed by atoms with Gasteiger partial charge in [0.25, 0.3) is 0 Å². The van der Waals surface area contributed by atoms with Crippen LogP contribution in [0.2, 0.25) is 0 Å². The molecule has 0 amide bonds. The summed E-state index contributed by atoms with van der Waals surface area (Å²) in [4.78, 5) is 2.45. The summed E-state index contributed by atoms with van der Waals surface area (Å²) in [6, 6.07) is 74.2. The van der Waals surface area contributed by atoms with Crippen LogP contribution >= 0.6 is 0 Å². The molecule has 0 heterocycles. The van der Waals surface area contributed by atoms with Gasteiger partial charge in [0.1, 0.15) is 0 Å². The van der Waals surface area contributed by atoms with E-state index >= 15 is 0 Å². The van der Waals surface area contributed by atoms with Crippen molar-refractivity contribution in [1.82, 2.24) is 0 Å². The summed E-state index contributed by atoms with van der Waals surface area (Å²) in [7, 11) is 0. The Morgan fingerprint density at radius 3 is 1.31 bits per heavy atom. The Bertz CT molecular complexity index is 2590. The van der Waals surface area contributed by atoms with Crippen molar-refractivity contribution in [3.05, 3.63) is 211 Å². The first kappa shape index (κ1) is 34.8. The number of rotatable bonds is 7. The van der Waals surface area contributed by atoms with E-state index in [1.807, 2.05) is 0 Å². The Kier molecular flexibility index (Phi) is 8.51. The van der Waals surface area contributed by atoms with Crippen molar-refractivity contribution in [2.24, 2.45) is 17.8 Å². The van der Waals surface area contributed by atoms with E-state index in [9.17, 15) is 0 Å². The molecule has 4 atom stereocenters. The highest BCUT2D eigenvalue weighted by atomic mass is 15.1. The van der Waals surface area contributed by atoms with Gasteiger partial charge in [-0.1, -0.05) is 177 Å². The first-order valence-corrected chi connectivity index (χ1v) is 21.2. The second-order valence-corrected chi connectivity index (χ2v) is 17.0. The van der Waals surface area contributed by atoms with Crippen molar-refractivity contribution < 1.29 is 0 Å². The fourth-order valence-electron chi connectivity index (χ4n) is 11.3. The first-order chi connectivity index (χ1) is 28.6. The standard InChI is InChI=1S/C57H47N/c1-39-36-40-16-29-49(37-40)57(39)55-15-9-8-14-53(55)54-38-52(34-35-56(54)57)58(50-30-25-47(26-31-50)45-21-17-43(18-22-45)41-10-4-2-5-11-41)51-32-27-48(28-33-51)46-23-19-44(20-24-46)42-12-6-3-7-13-42/h2-15,17-28,30-35,38-40,49H,16,29,36-37H2,1H3/t39-,40+,49+,57-/m0/s1. The Hall–Kier alpha value is -6.44. The van der Waals surface area contributed by atoms with Gasteiger partial charge < -0.3 is 4.90 Å². The van der Waals surface area contributed by atoms with Crippen LogP contribution in [0.1, 0.15) is 43.7 Å². The fourth-order valence-corrected chi connectivity index (χ4v) is 11.3. The van der Waals surface area contributed by atoms with Crippen LogP contribution in [0.4, 0.5) is 17.1 Å². The Morgan fingerprint density at radius 2 is 0.793 bits per heavy atom. The molecule has 280 valence electrons. The van der Waals surface area contributed by atoms with Crippen LogP contribution in [0.25, 0.3) is 55.6 Å². The number of anilines is 3. The van der Waals surface area contributed by atoms with Crippen LogP contribution in [0.3, 0.4) is 0 Å². The van der Waals surface area contributed by atoms with Crippen LogP contribution in [0.15, 0.2) is 200 Å². The highest BCUT2D eigenvalue weighted by Crippen LogP contribution is 2.65. The summed E-state index contributed by atoms with van der Waals surface area (Å²) in [6.45, 7) is 2.55. The van der Waals surface area contributed by atoms with Crippen molar-refractivity contribution in [3.63, 3.8) is 0 Å². The van der Waals surface area contributed by atoms with E-state index in [1.165, 1.54) is 87.0 Å². The van der Waals surface area contributed by atoms with Gasteiger partial charge in [0.05, 0.1) is 0 Å². The molecule has 3 aliphatic rings. The van der Waals surface area contributed by atoms with E-state index in [-0.39, 0.29) is 5.41 Å². The Balaban J connectivity index is 0.981. The lowest BCUT2D eigenvalue weighted by molar-refractivity contribution is 0.162. The van der Waals surface area contributed by atoms with Gasteiger partial charge in [-0.2, -0.15) is 0 Å². The zero-order chi connectivity index (χ0) is 38.6. The third kappa shape index (κ3) is 5.75. The van der Waals surface area contributed by atoms with Crippen LogP contribution in [0, 0.1) is 17.8 Å². The van der Waals surface area contributed by atoms with E-state index in [0.717, 1.165) is 17.3 Å². The number of hydrogen-bond donors (Lipinski definition) is 0. The lowest BCUT2D eigenvalue weighted by atomic mass is 9.56. The van der Waals surface area contributed by atoms with Crippen molar-refractivity contribution >= 4 is 17.1 Å². The van der Waals surface area contributed by atoms with Crippen molar-refractivity contribution in [1.29, 1.82) is 0 Å². The normalized spacial score (nSPS) is 20.1. The molecule has 11 rings (SSSR count). The molecule has 2 bridgehead atoms. The monoisotopic (exact) mass is 745 g/mol. The first-order valence-electron chi connectivity index (χ1n) is 21.2. The van der Waals surface area contributed by atoms with Gasteiger partial charge in [-0.25, -0.2) is 0 Å². The van der Waals surface area contributed by atoms with Crippen molar-refractivity contribution in [2.75, 3.05) is 4.90 Å². The second-order valence-electron chi connectivity index (χ2n) is 17.0. The maximum Gasteiger partial charge on any atom is 0.0468 e. The summed E-state index contributed by atoms with van der Waals surface area (Å²) in [5.41, 5.74) is 19.4. The zero-order valence-electron chi connectivity index (χ0n) is 33.1. The van der Waals surface area contributed by atoms with Crippen LogP contribution in [-0.2, 0) is 5.41 Å². The molecule has 8 aromatic rings. The average Bonchev–Trinajstić information content (AvgIpc) is 3.84. The van der Waals surface area contributed by atoms with E-state index < -0.39 is 0 Å². The molecule has 1 spiro atoms. The topological polar surface area (TPSA) is 3.24 Å². The summed E-state index contributed by atoms with van der Waals surface area (Å²) in [6.07, 6.45) is 5.44. The minimum Gasteiger partial charge on any atom is -0.310 e. The predicted molar refractivity (Wildman–Crippen MR) is 244 cm³/mol. The summed E-state index contributed by atoms with van der Waals surface area (Å²) >= 11 is 0. The third-order valence-corrected chi connectivity index (χ3v) is 13.9. The van der Waals surface area contributed by atoms with Gasteiger partial charge in [-0.15, -0.1) is 0 Å². The molecule has 58 heavy (non-hydrogen) atoms. The molecular formula is C57H47N. The minimum atomic E-state index is 0.109. The van der Waals surface area contributed by atoms with Gasteiger partial charge in [0.2, 0.25) is 0 Å². The van der Waals surface area contributed by atoms with E-state index in [4.69, 9.17) is 0 Å². The van der Waals surface area contributed by atoms with Crippen LogP contribution in [0.5, 0.6) is 0 Å². The van der Waals surface area contributed by atoms with E-state index in [1.54, 1.807) is 11.1 Å². The molecule has 0 aromatic heterocycles. The molecular weight excluding hydrogens is 699 g/mol. The van der Waals surface area contributed by atoms with E-state index in [0.29, 0.717) is 11.8 Å². The van der Waals surface area contributed by atoms with Gasteiger partial charge in [0, 0.05) is 22.5 Å². The highest BCUT2D eigenvalue weighted by molar-refractivity contribution is 5.88. The molecule has 0 unspecified atom stereocenters. The minimum absolute atomic E-state index is 0.109. The van der Waals surface area contributed by atoms with Crippen LogP contribution < -0.4 is 4.90 Å². The number of fused-ring (bicyclic) bond motifs is 8. The lowest BCUT2D eigenvalue weighted by Crippen LogP contribution is -2.43. The number of hydrogen-bond acceptors (Lipinski definition) is 1. The molecule has 0 N–H and O–H groups in total. The third-order valence-electron chi connectivity index (χ3n) is 13.9. The smallest absolute Gasteiger partial charge is 0.0468 e. The van der Waals surface area contributed by atoms with Crippen molar-refractivity contribution in [2.45, 2.75) is 38.0 Å². The molecule has 0 radical (unpaired) electrons. The van der Waals surface area contributed by atoms with Gasteiger partial charge in [-0.05, 0) is 140 Å². The average molecular weight is 746 g/mol. The maximum atomic E-state index is 2.55. The fraction of sp³-hybridized carbons (Fsp3) is 0.158. The Morgan fingerprint density at radius 1 is 0.379 bits per heavy atom. The number of nitrogens with zero attached hydrogens (tertiary/aromatic N) is 1. The van der Waals surface area contributed by atoms with Crippen molar-refractivity contribution in [3.8, 4) is 55.6 Å². The van der Waals surface area contributed by atoms with Gasteiger partial charge >= 0.3 is 0 Å². The zero-order valence-corrected chi connectivity index (χ0v) is 33.1. The molecule has 0 aliphatic heterocycles. The van der Waals surface area contributed by atoms with Crippen LogP contribution in [-0.4, -0.2) is 0 Å². The van der Waals surface area contributed by atoms with E-state index in [2.05, 4.69) is 212 Å². The van der Waals surface area contributed by atoms with Gasteiger partial charge in [0.15, 0.2) is 0 Å². The molecule has 1 nitrogen and oxygen atoms in total. The summed E-state index contributed by atoms with van der Waals surface area (Å²) in [5.74, 6) is 2.24. The molecule has 8 aromatic carbocycles. The molecule has 2 fully saturated rings. The van der Waals surface area contributed by atoms with Gasteiger partial charge in [-0.3, -0.25) is 0 Å². The largest absolute Gasteiger partial charge is 0.310 e. The summed E-state index contributed by atoms with van der Waals surface area (Å²) in [5, 5.41) is 0. The second kappa shape index (κ2) is 14.2. The molecule has 1 heteroatoms. The molecule has 0 saturated heterocycles. The Labute approximate surface area is 343 Å². The molecule has 2 saturated carbocycles. The lowest BCUT2D eigenvalue weighted by Gasteiger charge is -2.47. The predicted octanol–water partition coefficient (Wildman–Crippen LogP) is 15.5. The summed E-state index contributed by atoms with van der Waals surface area (Å²) < 4.78 is 0. The quantitative estimate of drug-likeness (QED) is 0.157. The maximum absolute atomic E-state index is 2.55. The number of benzene rings is 8. The SMILES string of the molecule is C[C@H]1C[C@H]2CC[C@H](C2)[C@]12c1ccccc1-c1cc(N(c3ccc(-c4ccc(-c5ccccc5)cc4)cc3)c3ccc(-c4ccc(-c5ccccc5)cc4)cc3)ccc12. The molecule has 3 aliphatic carbocycles.